The Morgan fingerprint density at radius 2 is 1.89 bits per heavy atom. The second-order valence-corrected chi connectivity index (χ2v) is 7.06. The van der Waals surface area contributed by atoms with Gasteiger partial charge in [-0.25, -0.2) is 0 Å². The Hall–Kier alpha value is -1.19. The number of nitrogens with one attached hydrogen (secondary N) is 1. The molecule has 0 atom stereocenters. The summed E-state index contributed by atoms with van der Waals surface area (Å²) in [6.45, 7) is 10.5. The monoisotopic (exact) mass is 274 g/mol. The first-order valence-electron chi connectivity index (χ1n) is 6.67. The van der Waals surface area contributed by atoms with Crippen LogP contribution in [0.5, 0.6) is 0 Å². The van der Waals surface area contributed by atoms with Crippen LogP contribution in [-0.4, -0.2) is 4.98 Å². The third-order valence-electron chi connectivity index (χ3n) is 2.95. The number of thiophene rings is 1. The van der Waals surface area contributed by atoms with Crippen molar-refractivity contribution in [2.75, 3.05) is 0 Å². The second kappa shape index (κ2) is 5.85. The molecule has 2 aromatic heterocycles. The van der Waals surface area contributed by atoms with Crippen molar-refractivity contribution in [3.63, 3.8) is 0 Å². The van der Waals surface area contributed by atoms with E-state index in [0.717, 1.165) is 24.5 Å². The van der Waals surface area contributed by atoms with E-state index >= 15 is 0 Å². The predicted molar refractivity (Wildman–Crippen MR) is 82.5 cm³/mol. The third kappa shape index (κ3) is 4.15. The third-order valence-corrected chi connectivity index (χ3v) is 4.46. The molecule has 19 heavy (non-hydrogen) atoms. The minimum atomic E-state index is 0.251. The van der Waals surface area contributed by atoms with Crippen LogP contribution >= 0.6 is 11.3 Å². The normalized spacial score (nSPS) is 11.8. The van der Waals surface area contributed by atoms with Gasteiger partial charge in [-0.15, -0.1) is 11.3 Å². The molecule has 0 aliphatic carbocycles. The van der Waals surface area contributed by atoms with Crippen LogP contribution in [0.3, 0.4) is 0 Å². The maximum atomic E-state index is 4.49. The highest BCUT2D eigenvalue weighted by atomic mass is 32.1. The van der Waals surface area contributed by atoms with Crippen molar-refractivity contribution in [3.8, 4) is 0 Å². The lowest BCUT2D eigenvalue weighted by atomic mass is 9.95. The zero-order valence-electron chi connectivity index (χ0n) is 12.2. The molecule has 0 radical (unpaired) electrons. The zero-order chi connectivity index (χ0) is 13.9. The number of aryl methyl sites for hydroxylation is 1. The quantitative estimate of drug-likeness (QED) is 0.910. The summed E-state index contributed by atoms with van der Waals surface area (Å²) in [5.41, 5.74) is 2.43. The van der Waals surface area contributed by atoms with Crippen molar-refractivity contribution in [1.82, 2.24) is 10.3 Å². The summed E-state index contributed by atoms with van der Waals surface area (Å²) in [5, 5.41) is 3.46. The van der Waals surface area contributed by atoms with Gasteiger partial charge in [-0.3, -0.25) is 4.98 Å². The first kappa shape index (κ1) is 14.2. The van der Waals surface area contributed by atoms with Gasteiger partial charge in [-0.1, -0.05) is 26.8 Å². The van der Waals surface area contributed by atoms with Crippen molar-refractivity contribution >= 4 is 11.3 Å². The molecule has 2 rings (SSSR count). The van der Waals surface area contributed by atoms with Gasteiger partial charge in [0.15, 0.2) is 0 Å². The Kier molecular flexibility index (Phi) is 4.38. The minimum absolute atomic E-state index is 0.251. The SMILES string of the molecule is Cc1cccc(CNCc2ccc(C(C)(C)C)s2)n1. The van der Waals surface area contributed by atoms with Gasteiger partial charge in [0.2, 0.25) is 0 Å². The van der Waals surface area contributed by atoms with Gasteiger partial charge in [0.05, 0.1) is 5.69 Å². The van der Waals surface area contributed by atoms with Crippen molar-refractivity contribution in [2.24, 2.45) is 0 Å². The summed E-state index contributed by atoms with van der Waals surface area (Å²) in [5.74, 6) is 0. The van der Waals surface area contributed by atoms with E-state index in [1.165, 1.54) is 9.75 Å². The van der Waals surface area contributed by atoms with E-state index < -0.39 is 0 Å². The first-order chi connectivity index (χ1) is 8.95. The van der Waals surface area contributed by atoms with E-state index in [4.69, 9.17) is 0 Å². The molecular weight excluding hydrogens is 252 g/mol. The highest BCUT2D eigenvalue weighted by Gasteiger charge is 2.15. The molecule has 3 heteroatoms. The van der Waals surface area contributed by atoms with Crippen LogP contribution in [0, 0.1) is 6.92 Å². The molecule has 2 aromatic rings. The molecule has 1 N–H and O–H groups in total. The van der Waals surface area contributed by atoms with E-state index in [1.807, 2.05) is 24.3 Å². The average molecular weight is 274 g/mol. The smallest absolute Gasteiger partial charge is 0.0544 e. The fraction of sp³-hybridized carbons (Fsp3) is 0.438. The van der Waals surface area contributed by atoms with Crippen LogP contribution < -0.4 is 5.32 Å². The molecule has 0 unspecified atom stereocenters. The Morgan fingerprint density at radius 3 is 2.53 bits per heavy atom. The van der Waals surface area contributed by atoms with Crippen molar-refractivity contribution in [3.05, 3.63) is 51.5 Å². The highest BCUT2D eigenvalue weighted by Crippen LogP contribution is 2.29. The average Bonchev–Trinajstić information content (AvgIpc) is 2.77. The van der Waals surface area contributed by atoms with E-state index in [0.29, 0.717) is 0 Å². The molecular formula is C16H22N2S. The number of pyridine rings is 1. The number of aromatic nitrogens is 1. The van der Waals surface area contributed by atoms with Crippen LogP contribution in [0.2, 0.25) is 0 Å². The summed E-state index contributed by atoms with van der Waals surface area (Å²) >= 11 is 1.90. The molecule has 0 saturated heterocycles. The summed E-state index contributed by atoms with van der Waals surface area (Å²) in [7, 11) is 0. The van der Waals surface area contributed by atoms with E-state index in [1.54, 1.807) is 0 Å². The fourth-order valence-corrected chi connectivity index (χ4v) is 2.92. The minimum Gasteiger partial charge on any atom is -0.306 e. The lowest BCUT2D eigenvalue weighted by molar-refractivity contribution is 0.604. The van der Waals surface area contributed by atoms with Gasteiger partial charge >= 0.3 is 0 Å². The van der Waals surface area contributed by atoms with Gasteiger partial charge in [0.25, 0.3) is 0 Å². The van der Waals surface area contributed by atoms with Crippen LogP contribution in [0.1, 0.15) is 41.9 Å². The van der Waals surface area contributed by atoms with Gasteiger partial charge in [-0.2, -0.15) is 0 Å². The molecule has 0 bridgehead atoms. The van der Waals surface area contributed by atoms with Gasteiger partial charge in [-0.05, 0) is 36.6 Å². The number of hydrogen-bond acceptors (Lipinski definition) is 3. The molecule has 0 aliphatic heterocycles. The summed E-state index contributed by atoms with van der Waals surface area (Å²) < 4.78 is 0. The van der Waals surface area contributed by atoms with E-state index in [-0.39, 0.29) is 5.41 Å². The van der Waals surface area contributed by atoms with E-state index in [2.05, 4.69) is 55.3 Å². The number of rotatable bonds is 4. The van der Waals surface area contributed by atoms with Gasteiger partial charge in [0.1, 0.15) is 0 Å². The Morgan fingerprint density at radius 1 is 1.11 bits per heavy atom. The maximum Gasteiger partial charge on any atom is 0.0544 e. The summed E-state index contributed by atoms with van der Waals surface area (Å²) in [6, 6.07) is 10.6. The van der Waals surface area contributed by atoms with Crippen LogP contribution in [0.4, 0.5) is 0 Å². The molecule has 0 aromatic carbocycles. The lowest BCUT2D eigenvalue weighted by Crippen LogP contribution is -2.13. The molecule has 102 valence electrons. The maximum absolute atomic E-state index is 4.49. The fourth-order valence-electron chi connectivity index (χ4n) is 1.89. The van der Waals surface area contributed by atoms with Gasteiger partial charge in [0, 0.05) is 28.5 Å². The second-order valence-electron chi connectivity index (χ2n) is 5.89. The molecule has 0 amide bonds. The highest BCUT2D eigenvalue weighted by molar-refractivity contribution is 7.12. The molecule has 0 aliphatic rings. The van der Waals surface area contributed by atoms with Crippen molar-refractivity contribution in [2.45, 2.75) is 46.2 Å². The summed E-state index contributed by atoms with van der Waals surface area (Å²) in [4.78, 5) is 7.32. The Labute approximate surface area is 119 Å². The number of nitrogens with zero attached hydrogens (tertiary/aromatic N) is 1. The molecule has 0 saturated carbocycles. The standard InChI is InChI=1S/C16H22N2S/c1-12-6-5-7-13(18-12)10-17-11-14-8-9-15(19-14)16(2,3)4/h5-9,17H,10-11H2,1-4H3. The molecule has 2 heterocycles. The van der Waals surface area contributed by atoms with Crippen LogP contribution in [0.25, 0.3) is 0 Å². The topological polar surface area (TPSA) is 24.9 Å². The van der Waals surface area contributed by atoms with Crippen LogP contribution in [0.15, 0.2) is 30.3 Å². The van der Waals surface area contributed by atoms with Gasteiger partial charge < -0.3 is 5.32 Å². The number of hydrogen-bond donors (Lipinski definition) is 1. The predicted octanol–water partition coefficient (Wildman–Crippen LogP) is 4.04. The Bertz CT molecular complexity index is 538. The van der Waals surface area contributed by atoms with Crippen molar-refractivity contribution < 1.29 is 0 Å². The molecule has 2 nitrogen and oxygen atoms in total. The molecule has 0 spiro atoms. The lowest BCUT2D eigenvalue weighted by Gasteiger charge is -2.15. The van der Waals surface area contributed by atoms with Crippen molar-refractivity contribution in [1.29, 1.82) is 0 Å². The van der Waals surface area contributed by atoms with Crippen LogP contribution in [-0.2, 0) is 18.5 Å². The summed E-state index contributed by atoms with van der Waals surface area (Å²) in [6.07, 6.45) is 0. The first-order valence-corrected chi connectivity index (χ1v) is 7.49. The molecule has 0 fully saturated rings. The Balaban J connectivity index is 1.88. The largest absolute Gasteiger partial charge is 0.306 e. The van der Waals surface area contributed by atoms with E-state index in [9.17, 15) is 0 Å². The zero-order valence-corrected chi connectivity index (χ0v) is 13.0.